The third kappa shape index (κ3) is 5.65. The van der Waals surface area contributed by atoms with Crippen molar-refractivity contribution in [2.24, 2.45) is 0 Å². The van der Waals surface area contributed by atoms with Crippen molar-refractivity contribution in [3.8, 4) is 6.07 Å². The van der Waals surface area contributed by atoms with Crippen molar-refractivity contribution in [3.63, 3.8) is 0 Å². The number of carbonyl (C=O) groups is 1. The highest BCUT2D eigenvalue weighted by Gasteiger charge is 2.22. The second-order valence-electron chi connectivity index (χ2n) is 6.51. The zero-order valence-electron chi connectivity index (χ0n) is 16.1. The number of sulfonamides is 1. The molecule has 28 heavy (non-hydrogen) atoms. The quantitative estimate of drug-likeness (QED) is 0.655. The van der Waals surface area contributed by atoms with Gasteiger partial charge in [-0.25, -0.2) is 13.1 Å². The zero-order valence-corrected chi connectivity index (χ0v) is 16.9. The summed E-state index contributed by atoms with van der Waals surface area (Å²) in [7, 11) is -3.69. The number of carbonyl (C=O) groups excluding carboxylic acids is 1. The first kappa shape index (κ1) is 21.6. The van der Waals surface area contributed by atoms with Crippen LogP contribution < -0.4 is 4.72 Å². The first-order valence-corrected chi connectivity index (χ1v) is 10.7. The molecule has 0 bridgehead atoms. The molecule has 1 amide bonds. The monoisotopic (exact) mass is 399 g/mol. The van der Waals surface area contributed by atoms with Crippen LogP contribution in [-0.4, -0.2) is 31.8 Å². The van der Waals surface area contributed by atoms with Crippen molar-refractivity contribution >= 4 is 15.9 Å². The Morgan fingerprint density at radius 2 is 1.79 bits per heavy atom. The molecule has 1 N–H and O–H groups in total. The van der Waals surface area contributed by atoms with E-state index >= 15 is 0 Å². The molecule has 0 aliphatic heterocycles. The lowest BCUT2D eigenvalue weighted by molar-refractivity contribution is 0.0671. The van der Waals surface area contributed by atoms with Gasteiger partial charge in [-0.2, -0.15) is 5.26 Å². The van der Waals surface area contributed by atoms with Crippen LogP contribution in [0.5, 0.6) is 0 Å². The lowest BCUT2D eigenvalue weighted by Crippen LogP contribution is -2.37. The Morgan fingerprint density at radius 3 is 2.36 bits per heavy atom. The average molecular weight is 400 g/mol. The van der Waals surface area contributed by atoms with E-state index in [2.05, 4.69) is 4.72 Å². The molecule has 0 aromatic heterocycles. The van der Waals surface area contributed by atoms with Crippen LogP contribution in [0.3, 0.4) is 0 Å². The lowest BCUT2D eigenvalue weighted by Gasteiger charge is -2.29. The molecule has 6 nitrogen and oxygen atoms in total. The van der Waals surface area contributed by atoms with Gasteiger partial charge in [-0.05, 0) is 43.2 Å². The molecule has 0 saturated carbocycles. The van der Waals surface area contributed by atoms with E-state index in [0.29, 0.717) is 12.1 Å². The summed E-state index contributed by atoms with van der Waals surface area (Å²) in [5.41, 5.74) is 1.48. The third-order valence-electron chi connectivity index (χ3n) is 4.52. The topological polar surface area (TPSA) is 90.3 Å². The van der Waals surface area contributed by atoms with Crippen molar-refractivity contribution in [2.75, 3.05) is 6.54 Å². The summed E-state index contributed by atoms with van der Waals surface area (Å²) in [6.07, 6.45) is 0.910. The van der Waals surface area contributed by atoms with Crippen molar-refractivity contribution < 1.29 is 13.2 Å². The van der Waals surface area contributed by atoms with Gasteiger partial charge in [0.25, 0.3) is 5.91 Å². The van der Waals surface area contributed by atoms with Gasteiger partial charge in [0.05, 0.1) is 11.0 Å². The highest BCUT2D eigenvalue weighted by molar-refractivity contribution is 7.89. The van der Waals surface area contributed by atoms with E-state index in [1.54, 1.807) is 4.90 Å². The van der Waals surface area contributed by atoms with Crippen LogP contribution in [0.4, 0.5) is 0 Å². The summed E-state index contributed by atoms with van der Waals surface area (Å²) < 4.78 is 26.8. The second kappa shape index (κ2) is 10.0. The Labute approximate surface area is 166 Å². The van der Waals surface area contributed by atoms with Crippen molar-refractivity contribution in [2.45, 2.75) is 44.2 Å². The number of nitriles is 1. The summed E-state index contributed by atoms with van der Waals surface area (Å²) >= 11 is 0. The highest BCUT2D eigenvalue weighted by atomic mass is 32.2. The molecule has 148 valence electrons. The van der Waals surface area contributed by atoms with Crippen molar-refractivity contribution in [3.05, 3.63) is 65.7 Å². The van der Waals surface area contributed by atoms with Crippen LogP contribution in [0.1, 0.15) is 42.6 Å². The fourth-order valence-electron chi connectivity index (χ4n) is 2.70. The molecule has 1 atom stereocenters. The first-order valence-electron chi connectivity index (χ1n) is 9.20. The first-order chi connectivity index (χ1) is 13.4. The standard InChI is InChI=1S/C21H25N3O3S/c1-3-17(2)24(16-18-8-5-4-6-9-18)21(25)19-10-12-20(13-11-19)28(26,27)23-15-7-14-22/h4-6,8-13,17,23H,3,7,15-16H2,1-2H3. The molecular weight excluding hydrogens is 374 g/mol. The van der Waals surface area contributed by atoms with Gasteiger partial charge in [0.15, 0.2) is 0 Å². The smallest absolute Gasteiger partial charge is 0.254 e. The molecule has 0 aliphatic rings. The van der Waals surface area contributed by atoms with Gasteiger partial charge in [0.1, 0.15) is 0 Å². The van der Waals surface area contributed by atoms with Crippen molar-refractivity contribution in [1.29, 1.82) is 5.26 Å². The highest BCUT2D eigenvalue weighted by Crippen LogP contribution is 2.17. The van der Waals surface area contributed by atoms with Gasteiger partial charge in [0, 0.05) is 31.1 Å². The average Bonchev–Trinajstić information content (AvgIpc) is 2.72. The summed E-state index contributed by atoms with van der Waals surface area (Å²) in [6.45, 7) is 4.57. The minimum atomic E-state index is -3.69. The largest absolute Gasteiger partial charge is 0.332 e. The number of amides is 1. The van der Waals surface area contributed by atoms with Crippen LogP contribution >= 0.6 is 0 Å². The van der Waals surface area contributed by atoms with Gasteiger partial charge in [-0.3, -0.25) is 4.79 Å². The maximum absolute atomic E-state index is 13.0. The van der Waals surface area contributed by atoms with E-state index in [9.17, 15) is 13.2 Å². The van der Waals surface area contributed by atoms with Crippen LogP contribution in [0, 0.1) is 11.3 Å². The maximum Gasteiger partial charge on any atom is 0.254 e. The number of benzene rings is 2. The maximum atomic E-state index is 13.0. The lowest BCUT2D eigenvalue weighted by atomic mass is 10.1. The molecule has 2 aromatic rings. The molecule has 0 radical (unpaired) electrons. The molecule has 0 spiro atoms. The van der Waals surface area contributed by atoms with Crippen molar-refractivity contribution in [1.82, 2.24) is 9.62 Å². The number of nitrogens with zero attached hydrogens (tertiary/aromatic N) is 2. The molecule has 0 aliphatic carbocycles. The molecule has 2 rings (SSSR count). The minimum absolute atomic E-state index is 0.0452. The molecule has 0 heterocycles. The number of nitrogens with one attached hydrogen (secondary N) is 1. The van der Waals surface area contributed by atoms with Gasteiger partial charge in [0.2, 0.25) is 10.0 Å². The molecule has 2 aromatic carbocycles. The molecular formula is C21H25N3O3S. The summed E-state index contributed by atoms with van der Waals surface area (Å²) in [6, 6.07) is 17.6. The van der Waals surface area contributed by atoms with Gasteiger partial charge in [-0.15, -0.1) is 0 Å². The van der Waals surface area contributed by atoms with Crippen LogP contribution in [0.15, 0.2) is 59.5 Å². The summed E-state index contributed by atoms with van der Waals surface area (Å²) in [5, 5.41) is 8.53. The Bertz CT molecular complexity index is 920. The number of rotatable bonds is 9. The van der Waals surface area contributed by atoms with Gasteiger partial charge < -0.3 is 4.90 Å². The Hall–Kier alpha value is -2.69. The number of hydrogen-bond donors (Lipinski definition) is 1. The molecule has 1 unspecified atom stereocenters. The van der Waals surface area contributed by atoms with E-state index in [0.717, 1.165) is 12.0 Å². The predicted molar refractivity (Wildman–Crippen MR) is 108 cm³/mol. The minimum Gasteiger partial charge on any atom is -0.332 e. The third-order valence-corrected chi connectivity index (χ3v) is 6.00. The van der Waals surface area contributed by atoms with Crippen LogP contribution in [0.25, 0.3) is 0 Å². The Balaban J connectivity index is 2.19. The van der Waals surface area contributed by atoms with E-state index in [1.165, 1.54) is 24.3 Å². The van der Waals surface area contributed by atoms with E-state index in [4.69, 9.17) is 5.26 Å². The molecule has 0 fully saturated rings. The molecule has 7 heteroatoms. The van der Waals surface area contributed by atoms with Crippen LogP contribution in [-0.2, 0) is 16.6 Å². The Morgan fingerprint density at radius 1 is 1.14 bits per heavy atom. The van der Waals surface area contributed by atoms with Gasteiger partial charge in [-0.1, -0.05) is 37.3 Å². The van der Waals surface area contributed by atoms with E-state index in [-0.39, 0.29) is 29.8 Å². The van der Waals surface area contributed by atoms with E-state index in [1.807, 2.05) is 50.2 Å². The van der Waals surface area contributed by atoms with Gasteiger partial charge >= 0.3 is 0 Å². The summed E-state index contributed by atoms with van der Waals surface area (Å²) in [4.78, 5) is 14.9. The molecule has 0 saturated heterocycles. The number of hydrogen-bond acceptors (Lipinski definition) is 4. The van der Waals surface area contributed by atoms with Crippen LogP contribution in [0.2, 0.25) is 0 Å². The SMILES string of the molecule is CCC(C)N(Cc1ccccc1)C(=O)c1ccc(S(=O)(=O)NCCC#N)cc1. The predicted octanol–water partition coefficient (Wildman–Crippen LogP) is 3.32. The zero-order chi connectivity index (χ0) is 20.6. The normalized spacial score (nSPS) is 12.2. The summed E-state index contributed by atoms with van der Waals surface area (Å²) in [5.74, 6) is -0.139. The fourth-order valence-corrected chi connectivity index (χ4v) is 3.73. The fraction of sp³-hybridized carbons (Fsp3) is 0.333. The second-order valence-corrected chi connectivity index (χ2v) is 8.27. The van der Waals surface area contributed by atoms with E-state index < -0.39 is 10.0 Å². The Kier molecular flexibility index (Phi) is 7.73.